The molecule has 0 aromatic heterocycles. The summed E-state index contributed by atoms with van der Waals surface area (Å²) < 4.78 is 8.18. The number of ether oxygens (including phenoxy) is 1. The van der Waals surface area contributed by atoms with Crippen LogP contribution in [0.5, 0.6) is 0 Å². The van der Waals surface area contributed by atoms with Crippen LogP contribution in [0.3, 0.4) is 0 Å². The number of halogens is 2. The molecule has 0 aromatic carbocycles. The maximum absolute atomic E-state index is 6.70. The van der Waals surface area contributed by atoms with E-state index >= 15 is 0 Å². The van der Waals surface area contributed by atoms with Gasteiger partial charge in [0.1, 0.15) is 0 Å². The third-order valence-electron chi connectivity index (χ3n) is 5.21. The fourth-order valence-electron chi connectivity index (χ4n) is 3.99. The zero-order valence-corrected chi connectivity index (χ0v) is 19.5. The van der Waals surface area contributed by atoms with E-state index in [2.05, 4.69) is 92.4 Å². The average molecular weight is 418 g/mol. The van der Waals surface area contributed by atoms with Crippen LogP contribution in [0, 0.1) is 10.8 Å². The Bertz CT molecular complexity index is 579. The maximum Gasteiger partial charge on any atom is -1.00 e. The average Bonchev–Trinajstić information content (AvgIpc) is 2.91. The Morgan fingerprint density at radius 3 is 2.24 bits per heavy atom. The monoisotopic (exact) mass is 417 g/mol. The van der Waals surface area contributed by atoms with Gasteiger partial charge in [-0.3, -0.25) is 0 Å². The van der Waals surface area contributed by atoms with Crippen molar-refractivity contribution in [2.75, 3.05) is 6.61 Å². The van der Waals surface area contributed by atoms with Crippen molar-refractivity contribution in [3.8, 4) is 0 Å². The second kappa shape index (κ2) is 9.42. The first-order valence-electron chi connectivity index (χ1n) is 8.80. The van der Waals surface area contributed by atoms with Gasteiger partial charge >= 0.3 is 154 Å². The van der Waals surface area contributed by atoms with E-state index in [0.29, 0.717) is 0 Å². The van der Waals surface area contributed by atoms with Crippen LogP contribution in [-0.2, 0) is 25.2 Å². The van der Waals surface area contributed by atoms with Crippen LogP contribution in [0.15, 0.2) is 45.4 Å². The van der Waals surface area contributed by atoms with Crippen molar-refractivity contribution in [2.24, 2.45) is 10.8 Å². The van der Waals surface area contributed by atoms with Gasteiger partial charge in [-0.25, -0.2) is 0 Å². The largest absolute Gasteiger partial charge is 1.00 e. The van der Waals surface area contributed by atoms with E-state index in [0.717, 1.165) is 25.9 Å². The van der Waals surface area contributed by atoms with E-state index in [1.807, 2.05) is 0 Å². The molecule has 2 rings (SSSR count). The van der Waals surface area contributed by atoms with Gasteiger partial charge in [-0.05, 0) is 0 Å². The minimum absolute atomic E-state index is 0. The molecule has 1 nitrogen and oxygen atoms in total. The van der Waals surface area contributed by atoms with Gasteiger partial charge in [0, 0.05) is 0 Å². The summed E-state index contributed by atoms with van der Waals surface area (Å²) in [6, 6.07) is 0. The molecule has 0 saturated carbocycles. The zero-order valence-electron chi connectivity index (χ0n) is 16.4. The topological polar surface area (TPSA) is 9.23 Å². The predicted molar refractivity (Wildman–Crippen MR) is 94.8 cm³/mol. The SMILES string of the molecule is CCCOC1(C(C)(C)C2=[C]([Ti+2])CC=C2)CC=CC=C1C(C)(C)C.[Cl-].[Cl-]. The van der Waals surface area contributed by atoms with Crippen LogP contribution >= 0.6 is 0 Å². The normalized spacial score (nSPS) is 23.3. The maximum atomic E-state index is 6.70. The van der Waals surface area contributed by atoms with Crippen molar-refractivity contribution in [1.82, 2.24) is 0 Å². The minimum Gasteiger partial charge on any atom is -1.00 e. The van der Waals surface area contributed by atoms with E-state index in [1.165, 1.54) is 15.0 Å². The first-order valence-corrected chi connectivity index (χ1v) is 9.58. The molecule has 25 heavy (non-hydrogen) atoms. The molecule has 0 saturated heterocycles. The summed E-state index contributed by atoms with van der Waals surface area (Å²) in [5.41, 5.74) is 2.65. The van der Waals surface area contributed by atoms with Crippen molar-refractivity contribution in [3.05, 3.63) is 45.4 Å². The third kappa shape index (κ3) is 4.74. The summed E-state index contributed by atoms with van der Waals surface area (Å²) in [7, 11) is 0. The van der Waals surface area contributed by atoms with E-state index < -0.39 is 0 Å². The van der Waals surface area contributed by atoms with Gasteiger partial charge in [0.25, 0.3) is 0 Å². The summed E-state index contributed by atoms with van der Waals surface area (Å²) in [6.07, 6.45) is 14.5. The molecular weight excluding hydrogens is 387 g/mol. The Morgan fingerprint density at radius 2 is 1.76 bits per heavy atom. The summed E-state index contributed by atoms with van der Waals surface area (Å²) >= 11 is 2.27. The summed E-state index contributed by atoms with van der Waals surface area (Å²) in [4.78, 5) is 0. The fraction of sp³-hybridized carbons (Fsp3) is 0.619. The standard InChI is InChI=1S/C21H31O.2ClH.Ti/c1-7-16-22-21(20(5,6)17-12-8-9-13-17)15-11-10-14-18(21)19(2,3)4;;;/h8,10-12,14H,7,9,15-16H2,1-6H3;2*1H;/q;;;+2/p-2. The fourth-order valence-corrected chi connectivity index (χ4v) is 4.79. The van der Waals surface area contributed by atoms with Crippen molar-refractivity contribution >= 4 is 0 Å². The van der Waals surface area contributed by atoms with Gasteiger partial charge in [-0.1, -0.05) is 0 Å². The van der Waals surface area contributed by atoms with Crippen molar-refractivity contribution < 1.29 is 50.0 Å². The van der Waals surface area contributed by atoms with Crippen LogP contribution in [0.25, 0.3) is 0 Å². The van der Waals surface area contributed by atoms with Crippen molar-refractivity contribution in [1.29, 1.82) is 0 Å². The molecule has 0 N–H and O–H groups in total. The Morgan fingerprint density at radius 1 is 1.12 bits per heavy atom. The van der Waals surface area contributed by atoms with Crippen LogP contribution in [0.1, 0.15) is 60.8 Å². The molecule has 2 aliphatic rings. The summed E-state index contributed by atoms with van der Waals surface area (Å²) in [6.45, 7) is 14.7. The molecule has 0 aliphatic heterocycles. The quantitative estimate of drug-likeness (QED) is 0.566. The molecule has 0 aromatic rings. The Labute approximate surface area is 178 Å². The molecule has 139 valence electrons. The Kier molecular flexibility index (Phi) is 9.50. The second-order valence-electron chi connectivity index (χ2n) is 8.26. The third-order valence-corrected chi connectivity index (χ3v) is 5.95. The number of hydrogen-bond donors (Lipinski definition) is 0. The smallest absolute Gasteiger partial charge is 1.00 e. The number of rotatable bonds is 5. The molecule has 0 bridgehead atoms. The molecule has 2 aliphatic carbocycles. The molecule has 4 heteroatoms. The zero-order chi connectivity index (χ0) is 17.3. The van der Waals surface area contributed by atoms with Crippen LogP contribution in [0.2, 0.25) is 0 Å². The van der Waals surface area contributed by atoms with Gasteiger partial charge < -0.3 is 24.8 Å². The Balaban J connectivity index is 0.00000288. The van der Waals surface area contributed by atoms with E-state index in [4.69, 9.17) is 4.74 Å². The molecule has 0 fully saturated rings. The van der Waals surface area contributed by atoms with E-state index in [1.54, 1.807) is 0 Å². The number of hydrogen-bond acceptors (Lipinski definition) is 1. The van der Waals surface area contributed by atoms with Crippen molar-refractivity contribution in [2.45, 2.75) is 66.4 Å². The van der Waals surface area contributed by atoms with E-state index in [-0.39, 0.29) is 41.2 Å². The summed E-state index contributed by atoms with van der Waals surface area (Å²) in [5.74, 6) is 0. The molecule has 0 heterocycles. The van der Waals surface area contributed by atoms with Gasteiger partial charge in [0.05, 0.1) is 0 Å². The summed E-state index contributed by atoms with van der Waals surface area (Å²) in [5, 5.41) is 0. The van der Waals surface area contributed by atoms with Gasteiger partial charge in [-0.2, -0.15) is 0 Å². The first-order chi connectivity index (χ1) is 10.7. The second-order valence-corrected chi connectivity index (χ2v) is 9.20. The van der Waals surface area contributed by atoms with Crippen LogP contribution in [0.4, 0.5) is 0 Å². The first kappa shape index (κ1) is 25.2. The van der Waals surface area contributed by atoms with Crippen molar-refractivity contribution in [3.63, 3.8) is 0 Å². The van der Waals surface area contributed by atoms with Gasteiger partial charge in [0.2, 0.25) is 0 Å². The predicted octanol–water partition coefficient (Wildman–Crippen LogP) is -0.121. The van der Waals surface area contributed by atoms with Crippen LogP contribution < -0.4 is 24.8 Å². The molecule has 1 atom stereocenters. The van der Waals surface area contributed by atoms with Gasteiger partial charge in [0.15, 0.2) is 0 Å². The van der Waals surface area contributed by atoms with Gasteiger partial charge in [-0.15, -0.1) is 0 Å². The molecule has 0 radical (unpaired) electrons. The molecular formula is C21H31Cl2OTi. The number of allylic oxidation sites excluding steroid dienone is 5. The molecule has 0 spiro atoms. The minimum atomic E-state index is -0.263. The molecule has 0 amide bonds. The Hall–Kier alpha value is 0.214. The molecule has 1 unspecified atom stereocenters. The van der Waals surface area contributed by atoms with Crippen LogP contribution in [-0.4, -0.2) is 12.2 Å². The van der Waals surface area contributed by atoms with E-state index in [9.17, 15) is 0 Å².